The van der Waals surface area contributed by atoms with Crippen molar-refractivity contribution >= 4 is 5.91 Å². The number of hydrogen-bond donors (Lipinski definition) is 1. The van der Waals surface area contributed by atoms with Crippen LogP contribution in [0.5, 0.6) is 11.5 Å². The third-order valence-electron chi connectivity index (χ3n) is 3.66. The number of rotatable bonds is 8. The molecule has 0 aliphatic rings. The quantitative estimate of drug-likeness (QED) is 0.809. The Hall–Kier alpha value is -2.53. The second-order valence-corrected chi connectivity index (χ2v) is 5.28. The lowest BCUT2D eigenvalue weighted by molar-refractivity contribution is -0.127. The van der Waals surface area contributed by atoms with Gasteiger partial charge in [0, 0.05) is 19.2 Å². The molecule has 2 aromatic carbocycles. The van der Waals surface area contributed by atoms with Gasteiger partial charge in [0.25, 0.3) is 5.91 Å². The molecule has 0 aliphatic carbocycles. The molecular weight excluding hydrogens is 306 g/mol. The molecule has 0 heterocycles. The van der Waals surface area contributed by atoms with Crippen molar-refractivity contribution in [3.63, 3.8) is 0 Å². The average Bonchev–Trinajstić information content (AvgIpc) is 2.63. The highest BCUT2D eigenvalue weighted by Crippen LogP contribution is 2.26. The fourth-order valence-corrected chi connectivity index (χ4v) is 2.35. The van der Waals surface area contributed by atoms with Crippen molar-refractivity contribution in [2.75, 3.05) is 20.8 Å². The molecule has 0 radical (unpaired) electrons. The van der Waals surface area contributed by atoms with E-state index in [4.69, 9.17) is 14.2 Å². The van der Waals surface area contributed by atoms with Gasteiger partial charge in [-0.2, -0.15) is 0 Å². The van der Waals surface area contributed by atoms with E-state index in [9.17, 15) is 4.79 Å². The molecule has 1 amide bonds. The number of carbonyl (C=O) groups excluding carboxylic acids is 1. The van der Waals surface area contributed by atoms with Crippen LogP contribution in [-0.2, 0) is 9.53 Å². The fourth-order valence-electron chi connectivity index (χ4n) is 2.35. The highest BCUT2D eigenvalue weighted by atomic mass is 16.5. The summed E-state index contributed by atoms with van der Waals surface area (Å²) in [7, 11) is 3.22. The van der Waals surface area contributed by atoms with Crippen LogP contribution in [0.1, 0.15) is 18.6 Å². The highest BCUT2D eigenvalue weighted by molar-refractivity contribution is 5.80. The van der Waals surface area contributed by atoms with Crippen molar-refractivity contribution < 1.29 is 19.0 Å². The van der Waals surface area contributed by atoms with Gasteiger partial charge in [0.2, 0.25) is 0 Å². The van der Waals surface area contributed by atoms with Crippen LogP contribution in [0.3, 0.4) is 0 Å². The van der Waals surface area contributed by atoms with E-state index in [2.05, 4.69) is 5.32 Å². The highest BCUT2D eigenvalue weighted by Gasteiger charge is 2.19. The number of ether oxygens (including phenoxy) is 3. The van der Waals surface area contributed by atoms with E-state index < -0.39 is 6.10 Å². The molecule has 2 atom stereocenters. The summed E-state index contributed by atoms with van der Waals surface area (Å²) >= 11 is 0. The van der Waals surface area contributed by atoms with Gasteiger partial charge in [-0.1, -0.05) is 36.4 Å². The zero-order chi connectivity index (χ0) is 17.4. The largest absolute Gasteiger partial charge is 0.496 e. The first-order valence-corrected chi connectivity index (χ1v) is 7.80. The minimum absolute atomic E-state index is 0.198. The minimum atomic E-state index is -0.595. The molecule has 5 nitrogen and oxygen atoms in total. The van der Waals surface area contributed by atoms with E-state index in [1.54, 1.807) is 21.1 Å². The first-order chi connectivity index (χ1) is 11.7. The van der Waals surface area contributed by atoms with E-state index in [-0.39, 0.29) is 12.0 Å². The number of benzene rings is 2. The number of carbonyl (C=O) groups is 1. The molecule has 0 saturated heterocycles. The molecule has 2 unspecified atom stereocenters. The Morgan fingerprint density at radius 3 is 2.38 bits per heavy atom. The van der Waals surface area contributed by atoms with Crippen LogP contribution in [0.2, 0.25) is 0 Å². The van der Waals surface area contributed by atoms with Crippen LogP contribution < -0.4 is 14.8 Å². The van der Waals surface area contributed by atoms with Crippen LogP contribution in [0.4, 0.5) is 0 Å². The van der Waals surface area contributed by atoms with Gasteiger partial charge in [-0.25, -0.2) is 0 Å². The van der Waals surface area contributed by atoms with Crippen molar-refractivity contribution in [3.8, 4) is 11.5 Å². The van der Waals surface area contributed by atoms with Gasteiger partial charge in [-0.15, -0.1) is 0 Å². The van der Waals surface area contributed by atoms with E-state index in [0.29, 0.717) is 12.3 Å². The van der Waals surface area contributed by atoms with Gasteiger partial charge in [0.15, 0.2) is 6.10 Å². The van der Waals surface area contributed by atoms with E-state index >= 15 is 0 Å². The average molecular weight is 329 g/mol. The summed E-state index contributed by atoms with van der Waals surface area (Å²) in [6.07, 6.45) is -0.892. The van der Waals surface area contributed by atoms with Gasteiger partial charge in [-0.3, -0.25) is 4.79 Å². The smallest absolute Gasteiger partial charge is 0.260 e. The number of amides is 1. The normalized spacial score (nSPS) is 13.0. The first kappa shape index (κ1) is 17.8. The fraction of sp³-hybridized carbons (Fsp3) is 0.316. The first-order valence-electron chi connectivity index (χ1n) is 7.80. The Balaban J connectivity index is 1.93. The van der Waals surface area contributed by atoms with E-state index in [0.717, 1.165) is 11.3 Å². The topological polar surface area (TPSA) is 56.8 Å². The minimum Gasteiger partial charge on any atom is -0.496 e. The van der Waals surface area contributed by atoms with Gasteiger partial charge < -0.3 is 19.5 Å². The second kappa shape index (κ2) is 8.93. The third kappa shape index (κ3) is 4.73. The van der Waals surface area contributed by atoms with Crippen LogP contribution in [0, 0.1) is 0 Å². The van der Waals surface area contributed by atoms with Crippen molar-refractivity contribution in [1.29, 1.82) is 0 Å². The molecule has 1 N–H and O–H groups in total. The third-order valence-corrected chi connectivity index (χ3v) is 3.66. The maximum Gasteiger partial charge on any atom is 0.260 e. The van der Waals surface area contributed by atoms with Gasteiger partial charge in [0.05, 0.1) is 7.11 Å². The summed E-state index contributed by atoms with van der Waals surface area (Å²) in [6, 6.07) is 16.8. The lowest BCUT2D eigenvalue weighted by Crippen LogP contribution is -2.38. The molecule has 0 fully saturated rings. The Kier molecular flexibility index (Phi) is 6.63. The van der Waals surface area contributed by atoms with E-state index in [1.165, 1.54) is 0 Å². The summed E-state index contributed by atoms with van der Waals surface area (Å²) in [5, 5.41) is 2.86. The van der Waals surface area contributed by atoms with Crippen LogP contribution in [-0.4, -0.2) is 32.8 Å². The molecule has 128 valence electrons. The maximum atomic E-state index is 12.2. The standard InChI is InChI=1S/C19H23NO4/c1-14(24-15-9-5-4-6-10-15)19(21)20-13-18(23-3)16-11-7-8-12-17(16)22-2/h4-12,14,18H,13H2,1-3H3,(H,20,21). The summed E-state index contributed by atoms with van der Waals surface area (Å²) < 4.78 is 16.5. The molecule has 0 saturated carbocycles. The van der Waals surface area contributed by atoms with E-state index in [1.807, 2.05) is 54.6 Å². The molecule has 5 heteroatoms. The number of methoxy groups -OCH3 is 2. The molecule has 24 heavy (non-hydrogen) atoms. The maximum absolute atomic E-state index is 12.2. The molecule has 0 bridgehead atoms. The number of para-hydroxylation sites is 2. The van der Waals surface area contributed by atoms with Crippen molar-refractivity contribution in [2.24, 2.45) is 0 Å². The summed E-state index contributed by atoms with van der Waals surface area (Å²) in [5.74, 6) is 1.19. The molecular formula is C19H23NO4. The summed E-state index contributed by atoms with van der Waals surface area (Å²) in [5.41, 5.74) is 0.888. The number of hydrogen-bond acceptors (Lipinski definition) is 4. The number of nitrogens with one attached hydrogen (secondary N) is 1. The molecule has 0 spiro atoms. The zero-order valence-electron chi connectivity index (χ0n) is 14.2. The lowest BCUT2D eigenvalue weighted by Gasteiger charge is -2.20. The Morgan fingerprint density at radius 1 is 1.04 bits per heavy atom. The Bertz CT molecular complexity index is 645. The molecule has 0 aliphatic heterocycles. The van der Waals surface area contributed by atoms with Gasteiger partial charge >= 0.3 is 0 Å². The monoisotopic (exact) mass is 329 g/mol. The molecule has 0 aromatic heterocycles. The second-order valence-electron chi connectivity index (χ2n) is 5.28. The van der Waals surface area contributed by atoms with Crippen molar-refractivity contribution in [3.05, 3.63) is 60.2 Å². The lowest BCUT2D eigenvalue weighted by atomic mass is 10.1. The Morgan fingerprint density at radius 2 is 1.71 bits per heavy atom. The SMILES string of the molecule is COc1ccccc1C(CNC(=O)C(C)Oc1ccccc1)OC. The van der Waals surface area contributed by atoms with Gasteiger partial charge in [0.1, 0.15) is 17.6 Å². The van der Waals surface area contributed by atoms with Crippen LogP contribution in [0.15, 0.2) is 54.6 Å². The Labute approximate surface area is 142 Å². The molecule has 2 aromatic rings. The zero-order valence-corrected chi connectivity index (χ0v) is 14.2. The van der Waals surface area contributed by atoms with Crippen molar-refractivity contribution in [1.82, 2.24) is 5.32 Å². The van der Waals surface area contributed by atoms with Gasteiger partial charge in [-0.05, 0) is 25.1 Å². The predicted octanol–water partition coefficient (Wildman–Crippen LogP) is 2.97. The summed E-state index contributed by atoms with van der Waals surface area (Å²) in [6.45, 7) is 2.05. The van der Waals surface area contributed by atoms with Crippen molar-refractivity contribution in [2.45, 2.75) is 19.1 Å². The van der Waals surface area contributed by atoms with Crippen LogP contribution >= 0.6 is 0 Å². The van der Waals surface area contributed by atoms with Crippen LogP contribution in [0.25, 0.3) is 0 Å². The predicted molar refractivity (Wildman–Crippen MR) is 92.3 cm³/mol. The molecule has 2 rings (SSSR count). The summed E-state index contributed by atoms with van der Waals surface area (Å²) in [4.78, 5) is 12.2.